The lowest BCUT2D eigenvalue weighted by atomic mass is 9.89. The van der Waals surface area contributed by atoms with Crippen LogP contribution in [0, 0.1) is 12.8 Å². The Hall–Kier alpha value is -2.77. The number of nitrogens with zero attached hydrogens (tertiary/aromatic N) is 3. The first-order valence-corrected chi connectivity index (χ1v) is 10.9. The van der Waals surface area contributed by atoms with Crippen LogP contribution in [0.3, 0.4) is 0 Å². The summed E-state index contributed by atoms with van der Waals surface area (Å²) >= 11 is 0. The standard InChI is InChI=1S/C24H30N4O3/c1-17-22(4-3-11-26-17)28(24(30)20-14-25-15-20)21-7-5-18(6-8-21)19-9-12-27(13-10-19)23(29)16-31-2/h3-8,11,19-20,25H,9-10,12-16H2,1-2H3. The van der Waals surface area contributed by atoms with Crippen molar-refractivity contribution in [2.24, 2.45) is 5.92 Å². The summed E-state index contributed by atoms with van der Waals surface area (Å²) in [5.74, 6) is 0.573. The average molecular weight is 423 g/mol. The molecule has 7 heteroatoms. The van der Waals surface area contributed by atoms with Crippen molar-refractivity contribution in [3.8, 4) is 0 Å². The van der Waals surface area contributed by atoms with Gasteiger partial charge in [0.1, 0.15) is 6.61 Å². The number of piperidine rings is 1. The molecule has 0 radical (unpaired) electrons. The molecule has 2 saturated heterocycles. The van der Waals surface area contributed by atoms with Crippen LogP contribution in [0.15, 0.2) is 42.6 Å². The molecule has 1 aromatic heterocycles. The molecular weight excluding hydrogens is 392 g/mol. The number of aryl methyl sites for hydroxylation is 1. The maximum absolute atomic E-state index is 13.2. The molecular formula is C24H30N4O3. The second-order valence-electron chi connectivity index (χ2n) is 8.32. The van der Waals surface area contributed by atoms with Crippen LogP contribution in [0.5, 0.6) is 0 Å². The first kappa shape index (κ1) is 21.5. The highest BCUT2D eigenvalue weighted by Crippen LogP contribution is 2.33. The molecule has 2 aliphatic heterocycles. The van der Waals surface area contributed by atoms with E-state index in [1.54, 1.807) is 13.3 Å². The van der Waals surface area contributed by atoms with Crippen LogP contribution in [-0.2, 0) is 14.3 Å². The summed E-state index contributed by atoms with van der Waals surface area (Å²) in [6.45, 7) is 5.01. The third kappa shape index (κ3) is 4.62. The van der Waals surface area contributed by atoms with Crippen molar-refractivity contribution in [1.82, 2.24) is 15.2 Å². The third-order valence-electron chi connectivity index (χ3n) is 6.31. The number of carbonyl (C=O) groups excluding carboxylic acids is 2. The molecule has 0 atom stereocenters. The number of ether oxygens (including phenoxy) is 1. The Bertz CT molecular complexity index is 919. The normalized spacial score (nSPS) is 17.3. The maximum atomic E-state index is 13.2. The van der Waals surface area contributed by atoms with E-state index in [2.05, 4.69) is 22.4 Å². The lowest BCUT2D eigenvalue weighted by molar-refractivity contribution is -0.136. The Morgan fingerprint density at radius 2 is 1.87 bits per heavy atom. The second kappa shape index (κ2) is 9.58. The van der Waals surface area contributed by atoms with Crippen molar-refractivity contribution in [1.29, 1.82) is 0 Å². The van der Waals surface area contributed by atoms with Crippen LogP contribution >= 0.6 is 0 Å². The Balaban J connectivity index is 1.50. The van der Waals surface area contributed by atoms with Crippen LogP contribution in [0.2, 0.25) is 0 Å². The van der Waals surface area contributed by atoms with Gasteiger partial charge in [-0.05, 0) is 55.5 Å². The number of benzene rings is 1. The van der Waals surface area contributed by atoms with Gasteiger partial charge in [0.05, 0.1) is 17.3 Å². The quantitative estimate of drug-likeness (QED) is 0.775. The molecule has 0 saturated carbocycles. The smallest absolute Gasteiger partial charge is 0.248 e. The number of hydrogen-bond donors (Lipinski definition) is 1. The molecule has 2 aromatic rings. The van der Waals surface area contributed by atoms with E-state index in [0.717, 1.165) is 43.0 Å². The van der Waals surface area contributed by atoms with Gasteiger partial charge in [-0.1, -0.05) is 12.1 Å². The van der Waals surface area contributed by atoms with E-state index in [9.17, 15) is 9.59 Å². The first-order chi connectivity index (χ1) is 15.1. The van der Waals surface area contributed by atoms with E-state index in [1.165, 1.54) is 5.56 Å². The molecule has 2 amide bonds. The van der Waals surface area contributed by atoms with Gasteiger partial charge in [-0.15, -0.1) is 0 Å². The van der Waals surface area contributed by atoms with Crippen LogP contribution in [-0.4, -0.2) is 61.6 Å². The fourth-order valence-electron chi connectivity index (χ4n) is 4.32. The Morgan fingerprint density at radius 1 is 1.16 bits per heavy atom. The van der Waals surface area contributed by atoms with Gasteiger partial charge >= 0.3 is 0 Å². The second-order valence-corrected chi connectivity index (χ2v) is 8.32. The van der Waals surface area contributed by atoms with E-state index in [1.807, 2.05) is 41.0 Å². The van der Waals surface area contributed by atoms with E-state index in [0.29, 0.717) is 19.0 Å². The van der Waals surface area contributed by atoms with Crippen molar-refractivity contribution >= 4 is 23.2 Å². The van der Waals surface area contributed by atoms with Gasteiger partial charge in [-0.3, -0.25) is 19.5 Å². The van der Waals surface area contributed by atoms with Crippen LogP contribution in [0.1, 0.15) is 30.0 Å². The van der Waals surface area contributed by atoms with Crippen LogP contribution in [0.25, 0.3) is 0 Å². The summed E-state index contributed by atoms with van der Waals surface area (Å²) in [6.07, 6.45) is 3.62. The molecule has 2 aliphatic rings. The molecule has 3 heterocycles. The van der Waals surface area contributed by atoms with E-state index in [-0.39, 0.29) is 24.3 Å². The number of pyridine rings is 1. The van der Waals surface area contributed by atoms with Crippen LogP contribution in [0.4, 0.5) is 11.4 Å². The zero-order chi connectivity index (χ0) is 21.8. The highest BCUT2D eigenvalue weighted by Gasteiger charge is 2.32. The molecule has 31 heavy (non-hydrogen) atoms. The molecule has 4 rings (SSSR count). The molecule has 0 unspecified atom stereocenters. The predicted octanol–water partition coefficient (Wildman–Crippen LogP) is 2.63. The summed E-state index contributed by atoms with van der Waals surface area (Å²) in [5, 5.41) is 3.19. The van der Waals surface area contributed by atoms with Gasteiger partial charge in [0.2, 0.25) is 11.8 Å². The van der Waals surface area contributed by atoms with Gasteiger partial charge < -0.3 is 15.0 Å². The number of likely N-dealkylation sites (tertiary alicyclic amines) is 1. The Kier molecular flexibility index (Phi) is 6.63. The monoisotopic (exact) mass is 422 g/mol. The van der Waals surface area contributed by atoms with Crippen molar-refractivity contribution in [3.05, 3.63) is 53.9 Å². The number of methoxy groups -OCH3 is 1. The lowest BCUT2D eigenvalue weighted by Gasteiger charge is -2.34. The molecule has 0 aliphatic carbocycles. The number of amides is 2. The van der Waals surface area contributed by atoms with Gasteiger partial charge in [0.25, 0.3) is 0 Å². The fourth-order valence-corrected chi connectivity index (χ4v) is 4.32. The number of anilines is 2. The highest BCUT2D eigenvalue weighted by atomic mass is 16.5. The number of carbonyl (C=O) groups is 2. The summed E-state index contributed by atoms with van der Waals surface area (Å²) in [5.41, 5.74) is 3.78. The summed E-state index contributed by atoms with van der Waals surface area (Å²) in [6, 6.07) is 12.1. The lowest BCUT2D eigenvalue weighted by Crippen LogP contribution is -2.51. The molecule has 1 N–H and O–H groups in total. The minimum absolute atomic E-state index is 0.00625. The summed E-state index contributed by atoms with van der Waals surface area (Å²) < 4.78 is 4.97. The third-order valence-corrected chi connectivity index (χ3v) is 6.31. The van der Waals surface area contributed by atoms with Gasteiger partial charge in [0, 0.05) is 45.2 Å². The van der Waals surface area contributed by atoms with E-state index < -0.39 is 0 Å². The predicted molar refractivity (Wildman–Crippen MR) is 119 cm³/mol. The zero-order valence-corrected chi connectivity index (χ0v) is 18.2. The zero-order valence-electron chi connectivity index (χ0n) is 18.2. The maximum Gasteiger partial charge on any atom is 0.248 e. The van der Waals surface area contributed by atoms with Gasteiger partial charge in [-0.2, -0.15) is 0 Å². The highest BCUT2D eigenvalue weighted by molar-refractivity contribution is 6.02. The topological polar surface area (TPSA) is 74.8 Å². The number of hydrogen-bond acceptors (Lipinski definition) is 5. The molecule has 164 valence electrons. The summed E-state index contributed by atoms with van der Waals surface area (Å²) in [7, 11) is 1.55. The molecule has 7 nitrogen and oxygen atoms in total. The SMILES string of the molecule is COCC(=O)N1CCC(c2ccc(N(C(=O)C3CNC3)c3cccnc3C)cc2)CC1. The molecule has 1 aromatic carbocycles. The number of aromatic nitrogens is 1. The average Bonchev–Trinajstić information content (AvgIpc) is 2.75. The van der Waals surface area contributed by atoms with Crippen LogP contribution < -0.4 is 10.2 Å². The van der Waals surface area contributed by atoms with E-state index in [4.69, 9.17) is 4.74 Å². The number of nitrogens with one attached hydrogen (secondary N) is 1. The molecule has 2 fully saturated rings. The molecule has 0 bridgehead atoms. The summed E-state index contributed by atoms with van der Waals surface area (Å²) in [4.78, 5) is 33.3. The van der Waals surface area contributed by atoms with Crippen molar-refractivity contribution in [3.63, 3.8) is 0 Å². The minimum Gasteiger partial charge on any atom is -0.375 e. The largest absolute Gasteiger partial charge is 0.375 e. The Morgan fingerprint density at radius 3 is 2.45 bits per heavy atom. The van der Waals surface area contributed by atoms with E-state index >= 15 is 0 Å². The molecule has 0 spiro atoms. The van der Waals surface area contributed by atoms with Gasteiger partial charge in [0.15, 0.2) is 0 Å². The fraction of sp³-hybridized carbons (Fsp3) is 0.458. The number of rotatable bonds is 6. The van der Waals surface area contributed by atoms with Crippen molar-refractivity contribution < 1.29 is 14.3 Å². The van der Waals surface area contributed by atoms with Crippen molar-refractivity contribution in [2.75, 3.05) is 44.8 Å². The van der Waals surface area contributed by atoms with Crippen molar-refractivity contribution in [2.45, 2.75) is 25.7 Å². The first-order valence-electron chi connectivity index (χ1n) is 10.9. The van der Waals surface area contributed by atoms with Gasteiger partial charge in [-0.25, -0.2) is 0 Å². The minimum atomic E-state index is -0.00625. The Labute approximate surface area is 183 Å².